The second-order valence-electron chi connectivity index (χ2n) is 10.2. The summed E-state index contributed by atoms with van der Waals surface area (Å²) in [5.41, 5.74) is 3.07. The first kappa shape index (κ1) is 23.8. The minimum atomic E-state index is -0.374. The summed E-state index contributed by atoms with van der Waals surface area (Å²) in [4.78, 5) is 34.5. The number of pyridine rings is 1. The fourth-order valence-electron chi connectivity index (χ4n) is 4.67. The summed E-state index contributed by atoms with van der Waals surface area (Å²) in [5.74, 6) is 1.44. The Morgan fingerprint density at radius 2 is 1.75 bits per heavy atom. The van der Waals surface area contributed by atoms with Crippen molar-refractivity contribution < 1.29 is 9.53 Å². The Labute approximate surface area is 209 Å². The molecule has 4 aromatic rings. The van der Waals surface area contributed by atoms with Crippen molar-refractivity contribution in [2.24, 2.45) is 0 Å². The van der Waals surface area contributed by atoms with E-state index in [1.54, 1.807) is 23.0 Å². The molecule has 1 fully saturated rings. The fourth-order valence-corrected chi connectivity index (χ4v) is 4.67. The van der Waals surface area contributed by atoms with E-state index in [0.717, 1.165) is 17.0 Å². The van der Waals surface area contributed by atoms with E-state index in [0.29, 0.717) is 55.2 Å². The number of amides is 1. The second-order valence-corrected chi connectivity index (χ2v) is 10.2. The molecule has 0 spiro atoms. The average molecular weight is 490 g/mol. The van der Waals surface area contributed by atoms with Gasteiger partial charge in [0.1, 0.15) is 17.1 Å². The van der Waals surface area contributed by atoms with Crippen molar-refractivity contribution in [1.82, 2.24) is 29.0 Å². The molecule has 0 unspecified atom stereocenters. The Balaban J connectivity index is 1.66. The summed E-state index contributed by atoms with van der Waals surface area (Å²) in [5, 5.41) is 8.76. The highest BCUT2D eigenvalue weighted by molar-refractivity contribution is 5.89. The van der Waals surface area contributed by atoms with Gasteiger partial charge >= 0.3 is 5.69 Å². The molecule has 1 amide bonds. The summed E-state index contributed by atoms with van der Waals surface area (Å²) in [6, 6.07) is 9.69. The molecule has 4 heterocycles. The van der Waals surface area contributed by atoms with E-state index in [1.165, 1.54) is 0 Å². The third-order valence-electron chi connectivity index (χ3n) is 6.70. The normalized spacial score (nSPS) is 14.6. The number of anilines is 1. The molecule has 10 heteroatoms. The molecule has 188 valence electrons. The Bertz CT molecular complexity index is 1490. The first-order chi connectivity index (χ1) is 17.2. The van der Waals surface area contributed by atoms with Crippen LogP contribution >= 0.6 is 0 Å². The Morgan fingerprint density at radius 1 is 1.06 bits per heavy atom. The van der Waals surface area contributed by atoms with Gasteiger partial charge in [0.05, 0.1) is 31.1 Å². The van der Waals surface area contributed by atoms with Gasteiger partial charge in [0.15, 0.2) is 5.65 Å². The van der Waals surface area contributed by atoms with Gasteiger partial charge in [-0.2, -0.15) is 0 Å². The number of fused-ring (bicyclic) bond motifs is 3. The highest BCUT2D eigenvalue weighted by Crippen LogP contribution is 2.26. The van der Waals surface area contributed by atoms with E-state index >= 15 is 0 Å². The smallest absolute Gasteiger partial charge is 0.336 e. The van der Waals surface area contributed by atoms with Crippen molar-refractivity contribution in [2.45, 2.75) is 39.7 Å². The zero-order valence-corrected chi connectivity index (χ0v) is 21.4. The maximum atomic E-state index is 13.9. The third kappa shape index (κ3) is 4.16. The van der Waals surface area contributed by atoms with Gasteiger partial charge in [-0.25, -0.2) is 14.2 Å². The lowest BCUT2D eigenvalue weighted by Gasteiger charge is -2.35. The summed E-state index contributed by atoms with van der Waals surface area (Å²) < 4.78 is 8.62. The van der Waals surface area contributed by atoms with E-state index in [9.17, 15) is 9.59 Å². The third-order valence-corrected chi connectivity index (χ3v) is 6.70. The molecule has 0 N–H and O–H groups in total. The molecule has 0 bridgehead atoms. The lowest BCUT2D eigenvalue weighted by Crippen LogP contribution is -2.48. The summed E-state index contributed by atoms with van der Waals surface area (Å²) in [6.45, 7) is 10.7. The molecule has 36 heavy (non-hydrogen) atoms. The van der Waals surface area contributed by atoms with Crippen LogP contribution in [0.1, 0.15) is 39.1 Å². The lowest BCUT2D eigenvalue weighted by atomic mass is 9.96. The molecule has 0 aliphatic carbocycles. The number of methoxy groups -OCH3 is 1. The van der Waals surface area contributed by atoms with E-state index in [-0.39, 0.29) is 17.0 Å². The summed E-state index contributed by atoms with van der Waals surface area (Å²) >= 11 is 0. The van der Waals surface area contributed by atoms with Gasteiger partial charge in [0.2, 0.25) is 5.91 Å². The maximum absolute atomic E-state index is 13.9. The Morgan fingerprint density at radius 3 is 2.36 bits per heavy atom. The van der Waals surface area contributed by atoms with Gasteiger partial charge in [-0.15, -0.1) is 10.2 Å². The molecule has 1 aliphatic heterocycles. The van der Waals surface area contributed by atoms with Gasteiger partial charge in [0.25, 0.3) is 0 Å². The van der Waals surface area contributed by atoms with Crippen molar-refractivity contribution in [1.29, 1.82) is 0 Å². The monoisotopic (exact) mass is 489 g/mol. The van der Waals surface area contributed by atoms with Crippen LogP contribution in [0.2, 0.25) is 0 Å². The van der Waals surface area contributed by atoms with Gasteiger partial charge in [0, 0.05) is 38.5 Å². The molecule has 1 saturated heterocycles. The highest BCUT2D eigenvalue weighted by atomic mass is 16.5. The number of ether oxygens (including phenoxy) is 1. The molecule has 1 aliphatic rings. The minimum absolute atomic E-state index is 0.0865. The van der Waals surface area contributed by atoms with Crippen LogP contribution < -0.4 is 15.3 Å². The molecule has 5 rings (SSSR count). The number of piperazine rings is 1. The molecule has 10 nitrogen and oxygen atoms in total. The molecular weight excluding hydrogens is 458 g/mol. The molecular formula is C26H31N7O3. The van der Waals surface area contributed by atoms with Gasteiger partial charge in [-0.3, -0.25) is 9.36 Å². The SMILES string of the molecule is COc1ccc(Cn2c(=O)n3c(C(C)(C)C)nnc3c3ncc(N4CCN(C(C)=O)CC4)cc32)cc1. The molecule has 1 aromatic carbocycles. The fraction of sp³-hybridized carbons (Fsp3) is 0.423. The van der Waals surface area contributed by atoms with Crippen molar-refractivity contribution in [3.63, 3.8) is 0 Å². The standard InChI is InChI=1S/C26H31N7O3/c1-17(34)30-10-12-31(13-11-30)19-14-21-22(27-15-19)23-28-29-24(26(2,3)4)33(23)25(35)32(21)16-18-6-8-20(36-5)9-7-18/h6-9,14-15H,10-13,16H2,1-5H3. The van der Waals surface area contributed by atoms with E-state index in [2.05, 4.69) is 15.1 Å². The van der Waals surface area contributed by atoms with Crippen LogP contribution in [-0.4, -0.2) is 68.2 Å². The largest absolute Gasteiger partial charge is 0.497 e. The molecule has 0 atom stereocenters. The number of hydrogen-bond donors (Lipinski definition) is 0. The number of carbonyl (C=O) groups excluding carboxylic acids is 1. The van der Waals surface area contributed by atoms with E-state index in [1.807, 2.05) is 62.2 Å². The van der Waals surface area contributed by atoms with Crippen molar-refractivity contribution in [3.05, 3.63) is 58.4 Å². The zero-order chi connectivity index (χ0) is 25.6. The predicted molar refractivity (Wildman–Crippen MR) is 138 cm³/mol. The second kappa shape index (κ2) is 8.92. The first-order valence-electron chi connectivity index (χ1n) is 12.1. The van der Waals surface area contributed by atoms with Gasteiger partial charge in [-0.05, 0) is 23.8 Å². The van der Waals surface area contributed by atoms with Gasteiger partial charge in [-0.1, -0.05) is 32.9 Å². The minimum Gasteiger partial charge on any atom is -0.497 e. The van der Waals surface area contributed by atoms with Crippen LogP contribution in [0.25, 0.3) is 16.7 Å². The number of nitrogens with zero attached hydrogens (tertiary/aromatic N) is 7. The number of carbonyl (C=O) groups is 1. The van der Waals surface area contributed by atoms with Crippen LogP contribution in [0.15, 0.2) is 41.3 Å². The van der Waals surface area contributed by atoms with Crippen molar-refractivity contribution >= 4 is 28.3 Å². The number of hydrogen-bond acceptors (Lipinski definition) is 7. The Kier molecular flexibility index (Phi) is 5.89. The molecule has 3 aromatic heterocycles. The number of rotatable bonds is 4. The van der Waals surface area contributed by atoms with E-state index < -0.39 is 0 Å². The number of benzene rings is 1. The summed E-state index contributed by atoms with van der Waals surface area (Å²) in [7, 11) is 1.63. The quantitative estimate of drug-likeness (QED) is 0.434. The lowest BCUT2D eigenvalue weighted by molar-refractivity contribution is -0.129. The Hall–Kier alpha value is -3.95. The molecule has 0 radical (unpaired) electrons. The first-order valence-corrected chi connectivity index (χ1v) is 12.1. The van der Waals surface area contributed by atoms with Crippen LogP contribution in [0.3, 0.4) is 0 Å². The average Bonchev–Trinajstić information content (AvgIpc) is 3.33. The number of aromatic nitrogens is 5. The molecule has 0 saturated carbocycles. The van der Waals surface area contributed by atoms with Crippen molar-refractivity contribution in [2.75, 3.05) is 38.2 Å². The van der Waals surface area contributed by atoms with Crippen LogP contribution in [0.5, 0.6) is 5.75 Å². The zero-order valence-electron chi connectivity index (χ0n) is 21.4. The van der Waals surface area contributed by atoms with Crippen LogP contribution in [-0.2, 0) is 16.8 Å². The maximum Gasteiger partial charge on any atom is 0.336 e. The van der Waals surface area contributed by atoms with Crippen LogP contribution in [0, 0.1) is 0 Å². The topological polar surface area (TPSA) is 97.9 Å². The highest BCUT2D eigenvalue weighted by Gasteiger charge is 2.26. The van der Waals surface area contributed by atoms with Gasteiger partial charge < -0.3 is 14.5 Å². The van der Waals surface area contributed by atoms with Crippen LogP contribution in [0.4, 0.5) is 5.69 Å². The van der Waals surface area contributed by atoms with E-state index in [4.69, 9.17) is 9.72 Å². The summed E-state index contributed by atoms with van der Waals surface area (Å²) in [6.07, 6.45) is 1.82. The van der Waals surface area contributed by atoms with Crippen molar-refractivity contribution in [3.8, 4) is 5.75 Å². The predicted octanol–water partition coefficient (Wildman–Crippen LogP) is 2.46.